The lowest BCUT2D eigenvalue weighted by atomic mass is 9.98. The Morgan fingerprint density at radius 2 is 1.88 bits per heavy atom. The Balaban J connectivity index is 1.83. The highest BCUT2D eigenvalue weighted by Gasteiger charge is 2.44. The molecule has 0 saturated carbocycles. The molecule has 9 heteroatoms. The number of aromatic nitrogens is 1. The van der Waals surface area contributed by atoms with Crippen LogP contribution in [0, 0.1) is 17.0 Å². The normalized spacial score (nSPS) is 15.2. The maximum absolute atomic E-state index is 13.6. The van der Waals surface area contributed by atoms with E-state index in [1.807, 2.05) is 0 Å². The lowest BCUT2D eigenvalue weighted by Gasteiger charge is -2.24. The van der Waals surface area contributed by atoms with Crippen molar-refractivity contribution < 1.29 is 14.1 Å². The number of hydrogen-bond acceptors (Lipinski definition) is 6. The van der Waals surface area contributed by atoms with Gasteiger partial charge in [0.1, 0.15) is 11.4 Å². The van der Waals surface area contributed by atoms with Crippen LogP contribution in [-0.2, 0) is 0 Å². The summed E-state index contributed by atoms with van der Waals surface area (Å²) < 4.78 is 6.58. The number of non-ortho nitro benzene ring substituents is 1. The zero-order valence-electron chi connectivity index (χ0n) is 16.6. The molecule has 0 bridgehead atoms. The van der Waals surface area contributed by atoms with Gasteiger partial charge >= 0.3 is 0 Å². The molecule has 1 amide bonds. The van der Waals surface area contributed by atoms with Crippen LogP contribution in [0.2, 0.25) is 0 Å². The van der Waals surface area contributed by atoms with E-state index in [1.54, 1.807) is 49.4 Å². The van der Waals surface area contributed by atoms with Gasteiger partial charge in [0.25, 0.3) is 11.6 Å². The van der Waals surface area contributed by atoms with Crippen molar-refractivity contribution in [1.82, 2.24) is 4.98 Å². The highest BCUT2D eigenvalue weighted by atomic mass is 79.9. The number of nitro groups is 1. The van der Waals surface area contributed by atoms with Gasteiger partial charge in [0.2, 0.25) is 5.76 Å². The summed E-state index contributed by atoms with van der Waals surface area (Å²) in [7, 11) is 0. The Labute approximate surface area is 189 Å². The summed E-state index contributed by atoms with van der Waals surface area (Å²) in [5, 5.41) is 11.7. The predicted molar refractivity (Wildman–Crippen MR) is 121 cm³/mol. The maximum Gasteiger partial charge on any atom is 0.296 e. The first-order chi connectivity index (χ1) is 15.3. The molecule has 158 valence electrons. The lowest BCUT2D eigenvalue weighted by Crippen LogP contribution is -2.30. The van der Waals surface area contributed by atoms with E-state index >= 15 is 0 Å². The number of nitrogens with zero attached hydrogens (tertiary/aromatic N) is 3. The summed E-state index contributed by atoms with van der Waals surface area (Å²) in [6, 6.07) is 15.1. The lowest BCUT2D eigenvalue weighted by molar-refractivity contribution is -0.384. The number of carbonyl (C=O) groups is 1. The van der Waals surface area contributed by atoms with Crippen LogP contribution in [0.5, 0.6) is 0 Å². The minimum Gasteiger partial charge on any atom is -0.450 e. The van der Waals surface area contributed by atoms with E-state index in [2.05, 4.69) is 20.9 Å². The summed E-state index contributed by atoms with van der Waals surface area (Å²) in [6.45, 7) is 1.79. The molecule has 2 aromatic heterocycles. The van der Waals surface area contributed by atoms with Crippen molar-refractivity contribution in [2.24, 2.45) is 0 Å². The monoisotopic (exact) mass is 491 g/mol. The third-order valence-electron chi connectivity index (χ3n) is 5.35. The van der Waals surface area contributed by atoms with Crippen molar-refractivity contribution in [3.05, 3.63) is 108 Å². The van der Waals surface area contributed by atoms with E-state index in [0.29, 0.717) is 26.9 Å². The summed E-state index contributed by atoms with van der Waals surface area (Å²) >= 11 is 3.36. The second-order valence-electron chi connectivity index (χ2n) is 7.38. The Bertz CT molecular complexity index is 1500. The Kier molecular flexibility index (Phi) is 4.63. The molecule has 1 atom stereocenters. The highest BCUT2D eigenvalue weighted by molar-refractivity contribution is 9.10. The third kappa shape index (κ3) is 3.09. The van der Waals surface area contributed by atoms with Gasteiger partial charge in [-0.2, -0.15) is 0 Å². The predicted octanol–water partition coefficient (Wildman–Crippen LogP) is 4.92. The molecular weight excluding hydrogens is 478 g/mol. The van der Waals surface area contributed by atoms with E-state index in [4.69, 9.17) is 4.42 Å². The zero-order chi connectivity index (χ0) is 22.6. The second kappa shape index (κ2) is 7.38. The fraction of sp³-hybridized carbons (Fsp3) is 0.0870. The van der Waals surface area contributed by atoms with Crippen LogP contribution >= 0.6 is 15.9 Å². The van der Waals surface area contributed by atoms with E-state index < -0.39 is 16.9 Å². The second-order valence-corrected chi connectivity index (χ2v) is 8.30. The number of carbonyl (C=O) groups excluding carboxylic acids is 1. The molecule has 2 aromatic carbocycles. The molecule has 0 N–H and O–H groups in total. The number of benzene rings is 2. The van der Waals surface area contributed by atoms with Crippen LogP contribution in [-0.4, -0.2) is 15.8 Å². The van der Waals surface area contributed by atoms with Gasteiger partial charge in [-0.25, -0.2) is 4.98 Å². The number of amides is 1. The fourth-order valence-corrected chi connectivity index (χ4v) is 4.33. The smallest absolute Gasteiger partial charge is 0.296 e. The van der Waals surface area contributed by atoms with Crippen molar-refractivity contribution in [2.75, 3.05) is 4.90 Å². The first kappa shape index (κ1) is 20.1. The molecule has 8 nitrogen and oxygen atoms in total. The quantitative estimate of drug-likeness (QED) is 0.297. The van der Waals surface area contributed by atoms with Gasteiger partial charge in [-0.3, -0.25) is 24.6 Å². The molecule has 3 heterocycles. The van der Waals surface area contributed by atoms with Crippen molar-refractivity contribution in [3.63, 3.8) is 0 Å². The molecule has 1 aliphatic heterocycles. The SMILES string of the molecule is Cc1cccc(N2C(=O)c3oc4ccc(Br)cc4c(=O)c3[C@@H]2c2cccc([N+](=O)[O-])c2)n1. The molecule has 0 spiro atoms. The molecular formula is C23H14BrN3O5. The fourth-order valence-electron chi connectivity index (χ4n) is 3.97. The molecule has 5 rings (SSSR count). The Morgan fingerprint density at radius 3 is 2.62 bits per heavy atom. The van der Waals surface area contributed by atoms with Gasteiger partial charge in [-0.1, -0.05) is 34.1 Å². The standard InChI is InChI=1S/C23H14BrN3O5/c1-12-4-2-7-18(25-12)26-20(13-5-3-6-15(10-13)27(30)31)19-21(28)16-11-14(24)8-9-17(16)32-22(19)23(26)29/h2-11,20H,1H3/t20-/m0/s1. The molecule has 32 heavy (non-hydrogen) atoms. The van der Waals surface area contributed by atoms with Crippen LogP contribution in [0.1, 0.15) is 33.4 Å². The average molecular weight is 492 g/mol. The minimum absolute atomic E-state index is 0.0929. The molecule has 0 saturated heterocycles. The van der Waals surface area contributed by atoms with Crippen LogP contribution in [0.25, 0.3) is 11.0 Å². The third-order valence-corrected chi connectivity index (χ3v) is 5.84. The molecule has 0 fully saturated rings. The molecule has 1 aliphatic rings. The van der Waals surface area contributed by atoms with Crippen molar-refractivity contribution in [2.45, 2.75) is 13.0 Å². The number of fused-ring (bicyclic) bond motifs is 2. The summed E-state index contributed by atoms with van der Waals surface area (Å²) in [5.41, 5.74) is 0.983. The number of hydrogen-bond donors (Lipinski definition) is 0. The molecule has 0 radical (unpaired) electrons. The topological polar surface area (TPSA) is 107 Å². The number of rotatable bonds is 3. The van der Waals surface area contributed by atoms with E-state index in [1.165, 1.54) is 23.1 Å². The molecule has 0 unspecified atom stereocenters. The minimum atomic E-state index is -0.925. The van der Waals surface area contributed by atoms with E-state index in [-0.39, 0.29) is 28.0 Å². The summed E-state index contributed by atoms with van der Waals surface area (Å²) in [4.78, 5) is 43.7. The van der Waals surface area contributed by atoms with E-state index in [0.717, 1.165) is 0 Å². The highest BCUT2D eigenvalue weighted by Crippen LogP contribution is 2.41. The van der Waals surface area contributed by atoms with Gasteiger partial charge in [-0.05, 0) is 42.8 Å². The number of anilines is 1. The van der Waals surface area contributed by atoms with Gasteiger partial charge in [0.05, 0.1) is 21.9 Å². The number of pyridine rings is 1. The van der Waals surface area contributed by atoms with Crippen molar-refractivity contribution >= 4 is 44.3 Å². The van der Waals surface area contributed by atoms with Crippen LogP contribution < -0.4 is 10.3 Å². The van der Waals surface area contributed by atoms with Gasteiger partial charge in [0, 0.05) is 22.3 Å². The van der Waals surface area contributed by atoms with Crippen LogP contribution in [0.4, 0.5) is 11.5 Å². The molecule has 4 aromatic rings. The van der Waals surface area contributed by atoms with Crippen molar-refractivity contribution in [3.8, 4) is 0 Å². The summed E-state index contributed by atoms with van der Waals surface area (Å²) in [5.74, 6) is -0.302. The number of halogens is 1. The molecule has 0 aliphatic carbocycles. The van der Waals surface area contributed by atoms with Gasteiger partial charge < -0.3 is 4.42 Å². The maximum atomic E-state index is 13.6. The number of aryl methyl sites for hydroxylation is 1. The van der Waals surface area contributed by atoms with Crippen LogP contribution in [0.15, 0.2) is 74.3 Å². The zero-order valence-corrected chi connectivity index (χ0v) is 18.2. The van der Waals surface area contributed by atoms with Crippen molar-refractivity contribution in [1.29, 1.82) is 0 Å². The Morgan fingerprint density at radius 1 is 1.09 bits per heavy atom. The largest absolute Gasteiger partial charge is 0.450 e. The average Bonchev–Trinajstić information content (AvgIpc) is 3.07. The van der Waals surface area contributed by atoms with Crippen LogP contribution in [0.3, 0.4) is 0 Å². The number of nitro benzene ring substituents is 1. The van der Waals surface area contributed by atoms with E-state index in [9.17, 15) is 19.7 Å². The first-order valence-electron chi connectivity index (χ1n) is 9.63. The summed E-state index contributed by atoms with van der Waals surface area (Å²) in [6.07, 6.45) is 0. The van der Waals surface area contributed by atoms with Gasteiger partial charge in [0.15, 0.2) is 5.43 Å². The Hall–Kier alpha value is -3.85. The van der Waals surface area contributed by atoms with Gasteiger partial charge in [-0.15, -0.1) is 0 Å². The first-order valence-corrected chi connectivity index (χ1v) is 10.4.